The summed E-state index contributed by atoms with van der Waals surface area (Å²) in [5, 5.41) is 0. The van der Waals surface area contributed by atoms with Crippen LogP contribution in [-0.2, 0) is 0 Å². The maximum Gasteiger partial charge on any atom is 0.263 e. The van der Waals surface area contributed by atoms with Crippen LogP contribution in [0.15, 0.2) is 24.3 Å². The average molecular weight is 291 g/mol. The number of anilines is 1. The van der Waals surface area contributed by atoms with Crippen LogP contribution in [0.25, 0.3) is 11.3 Å². The first-order valence-electron chi connectivity index (χ1n) is 7.25. The third-order valence-electron chi connectivity index (χ3n) is 3.87. The molecule has 1 aromatic carbocycles. The molecule has 2 aromatic rings. The second-order valence-electron chi connectivity index (χ2n) is 5.86. The first-order valence-corrected chi connectivity index (χ1v) is 7.25. The van der Waals surface area contributed by atoms with Gasteiger partial charge in [-0.3, -0.25) is 0 Å². The average Bonchev–Trinajstić information content (AvgIpc) is 3.22. The number of nitrogens with zero attached hydrogens (tertiary/aromatic N) is 2. The number of rotatable bonds is 4. The van der Waals surface area contributed by atoms with E-state index in [4.69, 9.17) is 5.73 Å². The minimum atomic E-state index is -2.45. The van der Waals surface area contributed by atoms with E-state index in [0.717, 1.165) is 24.2 Å². The molecule has 2 N–H and O–H groups in total. The van der Waals surface area contributed by atoms with E-state index in [1.165, 1.54) is 12.1 Å². The Morgan fingerprint density at radius 1 is 1.19 bits per heavy atom. The number of imidazole rings is 1. The SMILES string of the molecule is CC(C)n1c(C2CC2)nc(-c2ccc(C(F)F)cc2)c1N. The van der Waals surface area contributed by atoms with Gasteiger partial charge in [-0.25, -0.2) is 13.8 Å². The second kappa shape index (κ2) is 5.13. The van der Waals surface area contributed by atoms with Crippen molar-refractivity contribution in [3.63, 3.8) is 0 Å². The van der Waals surface area contributed by atoms with Crippen LogP contribution in [0.2, 0.25) is 0 Å². The maximum absolute atomic E-state index is 12.6. The third kappa shape index (κ3) is 2.52. The summed E-state index contributed by atoms with van der Waals surface area (Å²) in [6, 6.07) is 6.44. The van der Waals surface area contributed by atoms with Gasteiger partial charge in [0.2, 0.25) is 0 Å². The highest BCUT2D eigenvalue weighted by molar-refractivity contribution is 5.71. The number of hydrogen-bond acceptors (Lipinski definition) is 2. The molecule has 3 rings (SSSR count). The van der Waals surface area contributed by atoms with Gasteiger partial charge in [-0.15, -0.1) is 0 Å². The topological polar surface area (TPSA) is 43.8 Å². The lowest BCUT2D eigenvalue weighted by molar-refractivity contribution is 0.151. The van der Waals surface area contributed by atoms with Crippen molar-refractivity contribution in [3.8, 4) is 11.3 Å². The van der Waals surface area contributed by atoms with Crippen molar-refractivity contribution in [1.29, 1.82) is 0 Å². The van der Waals surface area contributed by atoms with Crippen molar-refractivity contribution in [2.75, 3.05) is 5.73 Å². The first-order chi connectivity index (χ1) is 9.99. The fraction of sp³-hybridized carbons (Fsp3) is 0.438. The fourth-order valence-corrected chi connectivity index (χ4v) is 2.63. The summed E-state index contributed by atoms with van der Waals surface area (Å²) in [4.78, 5) is 4.69. The summed E-state index contributed by atoms with van der Waals surface area (Å²) >= 11 is 0. The largest absolute Gasteiger partial charge is 0.383 e. The number of aromatic nitrogens is 2. The predicted molar refractivity (Wildman–Crippen MR) is 79.4 cm³/mol. The van der Waals surface area contributed by atoms with Gasteiger partial charge >= 0.3 is 0 Å². The van der Waals surface area contributed by atoms with Crippen LogP contribution in [0.3, 0.4) is 0 Å². The third-order valence-corrected chi connectivity index (χ3v) is 3.87. The van der Waals surface area contributed by atoms with E-state index in [2.05, 4.69) is 23.4 Å². The van der Waals surface area contributed by atoms with Crippen LogP contribution in [-0.4, -0.2) is 9.55 Å². The highest BCUT2D eigenvalue weighted by Crippen LogP contribution is 2.43. The molecule has 0 atom stereocenters. The molecule has 0 unspecified atom stereocenters. The molecule has 1 aromatic heterocycles. The van der Waals surface area contributed by atoms with E-state index in [9.17, 15) is 8.78 Å². The zero-order valence-corrected chi connectivity index (χ0v) is 12.2. The zero-order valence-electron chi connectivity index (χ0n) is 12.2. The van der Waals surface area contributed by atoms with Crippen LogP contribution in [0.5, 0.6) is 0 Å². The van der Waals surface area contributed by atoms with Crippen LogP contribution in [0.1, 0.15) is 56.5 Å². The molecule has 0 radical (unpaired) electrons. The van der Waals surface area contributed by atoms with E-state index >= 15 is 0 Å². The summed E-state index contributed by atoms with van der Waals surface area (Å²) in [5.74, 6) is 2.14. The van der Waals surface area contributed by atoms with Gasteiger partial charge in [0.05, 0.1) is 0 Å². The summed E-state index contributed by atoms with van der Waals surface area (Å²) in [6.45, 7) is 4.15. The van der Waals surface area contributed by atoms with Gasteiger partial charge in [-0.2, -0.15) is 0 Å². The number of halogens is 2. The molecule has 0 saturated heterocycles. The van der Waals surface area contributed by atoms with Crippen molar-refractivity contribution >= 4 is 5.82 Å². The molecule has 0 aliphatic heterocycles. The van der Waals surface area contributed by atoms with Crippen LogP contribution < -0.4 is 5.73 Å². The van der Waals surface area contributed by atoms with Crippen molar-refractivity contribution < 1.29 is 8.78 Å². The lowest BCUT2D eigenvalue weighted by Crippen LogP contribution is -2.08. The number of hydrogen-bond donors (Lipinski definition) is 1. The smallest absolute Gasteiger partial charge is 0.263 e. The van der Waals surface area contributed by atoms with Gasteiger partial charge < -0.3 is 10.3 Å². The Kier molecular flexibility index (Phi) is 3.43. The molecule has 1 fully saturated rings. The number of nitrogens with two attached hydrogens (primary N) is 1. The van der Waals surface area contributed by atoms with Crippen LogP contribution >= 0.6 is 0 Å². The number of alkyl halides is 2. The van der Waals surface area contributed by atoms with Crippen LogP contribution in [0, 0.1) is 0 Å². The van der Waals surface area contributed by atoms with Crippen molar-refractivity contribution in [2.45, 2.75) is 45.1 Å². The minimum absolute atomic E-state index is 0.0167. The second-order valence-corrected chi connectivity index (χ2v) is 5.86. The Labute approximate surface area is 122 Å². The Balaban J connectivity index is 2.04. The number of benzene rings is 1. The fourth-order valence-electron chi connectivity index (χ4n) is 2.63. The van der Waals surface area contributed by atoms with Crippen LogP contribution in [0.4, 0.5) is 14.6 Å². The molecule has 1 aliphatic rings. The van der Waals surface area contributed by atoms with Gasteiger partial charge in [0.1, 0.15) is 17.3 Å². The molecule has 0 bridgehead atoms. The Bertz CT molecular complexity index is 640. The molecule has 0 amide bonds. The van der Waals surface area contributed by atoms with Crippen molar-refractivity contribution in [3.05, 3.63) is 35.7 Å². The van der Waals surface area contributed by atoms with Crippen molar-refractivity contribution in [1.82, 2.24) is 9.55 Å². The molecule has 1 aliphatic carbocycles. The Morgan fingerprint density at radius 2 is 1.81 bits per heavy atom. The first kappa shape index (κ1) is 14.0. The minimum Gasteiger partial charge on any atom is -0.383 e. The van der Waals surface area contributed by atoms with Gasteiger partial charge in [-0.1, -0.05) is 24.3 Å². The summed E-state index contributed by atoms with van der Waals surface area (Å²) in [7, 11) is 0. The predicted octanol–water partition coefficient (Wildman–Crippen LogP) is 4.53. The highest BCUT2D eigenvalue weighted by Gasteiger charge is 2.31. The maximum atomic E-state index is 12.6. The zero-order chi connectivity index (χ0) is 15.1. The van der Waals surface area contributed by atoms with Crippen molar-refractivity contribution in [2.24, 2.45) is 0 Å². The van der Waals surface area contributed by atoms with E-state index in [1.54, 1.807) is 12.1 Å². The number of nitrogen functional groups attached to an aromatic ring is 1. The van der Waals surface area contributed by atoms with Gasteiger partial charge in [-0.05, 0) is 26.7 Å². The molecule has 21 heavy (non-hydrogen) atoms. The molecule has 0 spiro atoms. The van der Waals surface area contributed by atoms with Gasteiger partial charge in [0.15, 0.2) is 0 Å². The molecule has 1 saturated carbocycles. The lowest BCUT2D eigenvalue weighted by atomic mass is 10.1. The molecule has 1 heterocycles. The van der Waals surface area contributed by atoms with Gasteiger partial charge in [0.25, 0.3) is 6.43 Å². The van der Waals surface area contributed by atoms with Gasteiger partial charge in [0, 0.05) is 23.1 Å². The van der Waals surface area contributed by atoms with E-state index in [0.29, 0.717) is 17.4 Å². The lowest BCUT2D eigenvalue weighted by Gasteiger charge is -2.13. The summed E-state index contributed by atoms with van der Waals surface area (Å²) < 4.78 is 27.3. The summed E-state index contributed by atoms with van der Waals surface area (Å²) in [6.07, 6.45) is -0.161. The quantitative estimate of drug-likeness (QED) is 0.899. The van der Waals surface area contributed by atoms with E-state index in [-0.39, 0.29) is 11.6 Å². The van der Waals surface area contributed by atoms with E-state index in [1.807, 2.05) is 0 Å². The molecular formula is C16H19F2N3. The molecule has 3 nitrogen and oxygen atoms in total. The Morgan fingerprint density at radius 3 is 2.29 bits per heavy atom. The molecule has 5 heteroatoms. The summed E-state index contributed by atoms with van der Waals surface area (Å²) in [5.41, 5.74) is 7.76. The normalized spacial score (nSPS) is 15.1. The standard InChI is InChI=1S/C16H19F2N3/c1-9(2)21-15(19)13(20-16(21)12-7-8-12)10-3-5-11(6-4-10)14(17)18/h3-6,9,12,14H,7-8,19H2,1-2H3. The highest BCUT2D eigenvalue weighted by atomic mass is 19.3. The molecule has 112 valence electrons. The van der Waals surface area contributed by atoms with E-state index < -0.39 is 6.43 Å². The molecular weight excluding hydrogens is 272 g/mol. The Hall–Kier alpha value is -1.91. The monoisotopic (exact) mass is 291 g/mol.